The monoisotopic (exact) mass is 320 g/mol. The lowest BCUT2D eigenvalue weighted by Gasteiger charge is -2.18. The lowest BCUT2D eigenvalue weighted by atomic mass is 9.88. The molecule has 0 nitrogen and oxygen atoms in total. The molecule has 0 aliphatic heterocycles. The van der Waals surface area contributed by atoms with Crippen LogP contribution >= 0.6 is 0 Å². The van der Waals surface area contributed by atoms with E-state index in [9.17, 15) is 0 Å². The molecular weight excluding hydrogens is 276 g/mol. The molecule has 0 radical (unpaired) electrons. The van der Waals surface area contributed by atoms with Crippen LogP contribution < -0.4 is 0 Å². The molecule has 0 aromatic heterocycles. The molecule has 2 rings (SSSR count). The molecule has 0 heterocycles. The lowest BCUT2D eigenvalue weighted by Crippen LogP contribution is -2.05. The molecule has 0 N–H and O–H groups in total. The van der Waals surface area contributed by atoms with Gasteiger partial charge < -0.3 is 0 Å². The Kier molecular flexibility index (Phi) is 24.2. The van der Waals surface area contributed by atoms with Gasteiger partial charge in [0.15, 0.2) is 0 Å². The standard InChI is InChI=1S/C10H8.C7H16.2C2H6.2CH4/c1-2-6-10-8-4-3-7-9(10)5-1;1-5-7(3,4)6-2;2*1-2;;/h1-8H;5-6H2,1-4H3;2*1-2H3;2*1H4. The molecule has 0 heteroatoms. The minimum atomic E-state index is 0. The van der Waals surface area contributed by atoms with E-state index < -0.39 is 0 Å². The van der Waals surface area contributed by atoms with Crippen LogP contribution in [-0.4, -0.2) is 0 Å². The van der Waals surface area contributed by atoms with Crippen LogP contribution in [0, 0.1) is 5.41 Å². The average Bonchev–Trinajstić information content (AvgIpc) is 2.59. The second kappa shape index (κ2) is 18.7. The van der Waals surface area contributed by atoms with Crippen molar-refractivity contribution in [1.29, 1.82) is 0 Å². The van der Waals surface area contributed by atoms with Crippen LogP contribution in [0.1, 0.15) is 83.1 Å². The van der Waals surface area contributed by atoms with Gasteiger partial charge in [-0.2, -0.15) is 0 Å². The van der Waals surface area contributed by atoms with Crippen molar-refractivity contribution in [1.82, 2.24) is 0 Å². The van der Waals surface area contributed by atoms with Crippen molar-refractivity contribution in [2.75, 3.05) is 0 Å². The van der Waals surface area contributed by atoms with Gasteiger partial charge in [0.2, 0.25) is 0 Å². The fourth-order valence-corrected chi connectivity index (χ4v) is 1.38. The Bertz CT molecular complexity index is 369. The number of benzene rings is 2. The zero-order chi connectivity index (χ0) is 16.7. The topological polar surface area (TPSA) is 0 Å². The average molecular weight is 321 g/mol. The zero-order valence-corrected chi connectivity index (χ0v) is 15.5. The van der Waals surface area contributed by atoms with Crippen LogP contribution in [0.3, 0.4) is 0 Å². The normalized spacial score (nSPS) is 8.52. The maximum absolute atomic E-state index is 2.30. The highest BCUT2D eigenvalue weighted by atomic mass is 14.1. The van der Waals surface area contributed by atoms with E-state index in [1.54, 1.807) is 0 Å². The Balaban J connectivity index is -0.000000125. The van der Waals surface area contributed by atoms with Gasteiger partial charge in [-0.25, -0.2) is 0 Å². The van der Waals surface area contributed by atoms with Gasteiger partial charge in [-0.3, -0.25) is 0 Å². The van der Waals surface area contributed by atoms with E-state index >= 15 is 0 Å². The van der Waals surface area contributed by atoms with Crippen molar-refractivity contribution in [2.24, 2.45) is 5.41 Å². The fraction of sp³-hybridized carbons (Fsp3) is 0.565. The SMILES string of the molecule is C.C.CC.CC.CCC(C)(C)CC.c1ccc2ccccc2c1. The summed E-state index contributed by atoms with van der Waals surface area (Å²) in [5.41, 5.74) is 0.583. The third kappa shape index (κ3) is 14.0. The van der Waals surface area contributed by atoms with Crippen molar-refractivity contribution >= 4 is 10.8 Å². The summed E-state index contributed by atoms with van der Waals surface area (Å²) >= 11 is 0. The summed E-state index contributed by atoms with van der Waals surface area (Å²) in [6.07, 6.45) is 2.59. The second-order valence-electron chi connectivity index (χ2n) is 5.22. The van der Waals surface area contributed by atoms with Gasteiger partial charge in [0, 0.05) is 0 Å². The van der Waals surface area contributed by atoms with E-state index in [0.29, 0.717) is 5.41 Å². The van der Waals surface area contributed by atoms with Crippen LogP contribution in [-0.2, 0) is 0 Å². The quantitative estimate of drug-likeness (QED) is 0.517. The molecule has 23 heavy (non-hydrogen) atoms. The molecule has 0 amide bonds. The summed E-state index contributed by atoms with van der Waals surface area (Å²) in [6.45, 7) is 17.1. The molecule has 0 aliphatic rings. The minimum Gasteiger partial charge on any atom is -0.0776 e. The van der Waals surface area contributed by atoms with Gasteiger partial charge in [-0.15, -0.1) is 0 Å². The molecule has 0 aliphatic carbocycles. The summed E-state index contributed by atoms with van der Waals surface area (Å²) in [5, 5.41) is 2.62. The highest BCUT2D eigenvalue weighted by Gasteiger charge is 2.09. The first-order valence-corrected chi connectivity index (χ1v) is 8.53. The van der Waals surface area contributed by atoms with Gasteiger partial charge in [0.1, 0.15) is 0 Å². The molecule has 0 unspecified atom stereocenters. The van der Waals surface area contributed by atoms with E-state index in [0.717, 1.165) is 0 Å². The van der Waals surface area contributed by atoms with Crippen molar-refractivity contribution < 1.29 is 0 Å². The number of fused-ring (bicyclic) bond motifs is 1. The molecule has 0 fully saturated rings. The molecule has 2 aromatic carbocycles. The maximum Gasteiger partial charge on any atom is -0.0184 e. The predicted octanol–water partition coefficient (Wildman–Crippen LogP) is 9.00. The van der Waals surface area contributed by atoms with E-state index in [-0.39, 0.29) is 14.9 Å². The smallest absolute Gasteiger partial charge is 0.0184 e. The molecule has 0 atom stereocenters. The van der Waals surface area contributed by atoms with Gasteiger partial charge in [-0.1, -0.05) is 132 Å². The number of hydrogen-bond acceptors (Lipinski definition) is 0. The third-order valence-electron chi connectivity index (χ3n) is 3.57. The Morgan fingerprint density at radius 3 is 0.957 bits per heavy atom. The molecule has 136 valence electrons. The van der Waals surface area contributed by atoms with Gasteiger partial charge in [-0.05, 0) is 16.2 Å². The number of hydrogen-bond donors (Lipinski definition) is 0. The van der Waals surface area contributed by atoms with Crippen LogP contribution in [0.4, 0.5) is 0 Å². The first kappa shape index (κ1) is 29.7. The first-order chi connectivity index (χ1) is 10.1. The Morgan fingerprint density at radius 1 is 0.609 bits per heavy atom. The van der Waals surface area contributed by atoms with Gasteiger partial charge >= 0.3 is 0 Å². The number of rotatable bonds is 2. The van der Waals surface area contributed by atoms with Crippen molar-refractivity contribution in [2.45, 2.75) is 83.1 Å². The van der Waals surface area contributed by atoms with E-state index in [1.165, 1.54) is 23.6 Å². The summed E-state index contributed by atoms with van der Waals surface area (Å²) in [4.78, 5) is 0. The largest absolute Gasteiger partial charge is 0.0776 e. The molecule has 0 saturated carbocycles. The lowest BCUT2D eigenvalue weighted by molar-refractivity contribution is 0.338. The van der Waals surface area contributed by atoms with Gasteiger partial charge in [0.05, 0.1) is 0 Å². The molecule has 0 spiro atoms. The summed E-state index contributed by atoms with van der Waals surface area (Å²) in [5.74, 6) is 0. The van der Waals surface area contributed by atoms with Crippen LogP contribution in [0.5, 0.6) is 0 Å². The molecule has 2 aromatic rings. The Hall–Kier alpha value is -1.30. The molecule has 0 bridgehead atoms. The Morgan fingerprint density at radius 2 is 0.826 bits per heavy atom. The van der Waals surface area contributed by atoms with E-state index in [2.05, 4.69) is 76.2 Å². The molecular formula is C23H44. The highest BCUT2D eigenvalue weighted by Crippen LogP contribution is 2.22. The van der Waals surface area contributed by atoms with E-state index in [1.807, 2.05) is 27.7 Å². The van der Waals surface area contributed by atoms with E-state index in [4.69, 9.17) is 0 Å². The Labute approximate surface area is 148 Å². The third-order valence-corrected chi connectivity index (χ3v) is 3.57. The summed E-state index contributed by atoms with van der Waals surface area (Å²) in [6, 6.07) is 16.7. The van der Waals surface area contributed by atoms with Crippen LogP contribution in [0.25, 0.3) is 10.8 Å². The second-order valence-corrected chi connectivity index (χ2v) is 5.22. The zero-order valence-electron chi connectivity index (χ0n) is 15.5. The van der Waals surface area contributed by atoms with Crippen LogP contribution in [0.2, 0.25) is 0 Å². The van der Waals surface area contributed by atoms with Crippen molar-refractivity contribution in [3.05, 3.63) is 48.5 Å². The fourth-order valence-electron chi connectivity index (χ4n) is 1.38. The van der Waals surface area contributed by atoms with Crippen molar-refractivity contribution in [3.63, 3.8) is 0 Å². The minimum absolute atomic E-state index is 0. The summed E-state index contributed by atoms with van der Waals surface area (Å²) in [7, 11) is 0. The van der Waals surface area contributed by atoms with Gasteiger partial charge in [0.25, 0.3) is 0 Å². The maximum atomic E-state index is 2.30. The predicted molar refractivity (Wildman–Crippen MR) is 114 cm³/mol. The van der Waals surface area contributed by atoms with Crippen molar-refractivity contribution in [3.8, 4) is 0 Å². The summed E-state index contributed by atoms with van der Waals surface area (Å²) < 4.78 is 0. The van der Waals surface area contributed by atoms with Crippen LogP contribution in [0.15, 0.2) is 48.5 Å². The first-order valence-electron chi connectivity index (χ1n) is 8.53. The molecule has 0 saturated heterocycles. The highest BCUT2D eigenvalue weighted by molar-refractivity contribution is 5.81.